The van der Waals surface area contributed by atoms with E-state index in [1.165, 1.54) is 7.11 Å². The number of nitrogens with one attached hydrogen (secondary N) is 1. The maximum absolute atomic E-state index is 11.6. The van der Waals surface area contributed by atoms with Gasteiger partial charge in [-0.1, -0.05) is 0 Å². The molecule has 2 N–H and O–H groups in total. The third-order valence-electron chi connectivity index (χ3n) is 3.94. The predicted molar refractivity (Wildman–Crippen MR) is 50.7 cm³/mol. The third kappa shape index (κ3) is 1.10. The van der Waals surface area contributed by atoms with Crippen molar-refractivity contribution in [3.05, 3.63) is 0 Å². The number of ether oxygens (including phenoxy) is 1. The number of esters is 1. The summed E-state index contributed by atoms with van der Waals surface area (Å²) >= 11 is 0. The second-order valence-electron chi connectivity index (χ2n) is 4.44. The van der Waals surface area contributed by atoms with Gasteiger partial charge in [0.05, 0.1) is 19.1 Å². The van der Waals surface area contributed by atoms with Gasteiger partial charge >= 0.3 is 5.97 Å². The van der Waals surface area contributed by atoms with E-state index in [0.717, 1.165) is 32.4 Å². The molecule has 1 saturated carbocycles. The SMILES string of the molecule is COC(=O)C1(CO)CC12CCNCC2. The van der Waals surface area contributed by atoms with Crippen LogP contribution in [-0.4, -0.2) is 37.9 Å². The average molecular weight is 199 g/mol. The molecule has 2 fully saturated rings. The number of piperidine rings is 1. The second-order valence-corrected chi connectivity index (χ2v) is 4.44. The summed E-state index contributed by atoms with van der Waals surface area (Å²) in [6.07, 6.45) is 2.75. The minimum atomic E-state index is -0.580. The Morgan fingerprint density at radius 2 is 2.14 bits per heavy atom. The quantitative estimate of drug-likeness (QED) is 0.610. The highest BCUT2D eigenvalue weighted by atomic mass is 16.5. The van der Waals surface area contributed by atoms with Gasteiger partial charge in [0.15, 0.2) is 0 Å². The Morgan fingerprint density at radius 3 is 2.64 bits per heavy atom. The van der Waals surface area contributed by atoms with Gasteiger partial charge in [0.1, 0.15) is 0 Å². The van der Waals surface area contributed by atoms with E-state index in [4.69, 9.17) is 4.74 Å². The van der Waals surface area contributed by atoms with Crippen LogP contribution >= 0.6 is 0 Å². The molecule has 1 atom stereocenters. The summed E-state index contributed by atoms with van der Waals surface area (Å²) in [6, 6.07) is 0. The monoisotopic (exact) mass is 199 g/mol. The first kappa shape index (κ1) is 9.93. The van der Waals surface area contributed by atoms with E-state index < -0.39 is 5.41 Å². The maximum atomic E-state index is 11.6. The van der Waals surface area contributed by atoms with E-state index in [9.17, 15) is 9.90 Å². The van der Waals surface area contributed by atoms with Gasteiger partial charge in [-0.3, -0.25) is 4.79 Å². The van der Waals surface area contributed by atoms with Gasteiger partial charge in [0, 0.05) is 0 Å². The first-order valence-corrected chi connectivity index (χ1v) is 5.11. The van der Waals surface area contributed by atoms with Crippen molar-refractivity contribution in [3.8, 4) is 0 Å². The molecular formula is C10H17NO3. The zero-order chi connectivity index (χ0) is 10.2. The molecule has 4 nitrogen and oxygen atoms in total. The van der Waals surface area contributed by atoms with Crippen molar-refractivity contribution in [1.29, 1.82) is 0 Å². The second kappa shape index (κ2) is 3.21. The molecule has 1 unspecified atom stereocenters. The summed E-state index contributed by atoms with van der Waals surface area (Å²) < 4.78 is 4.78. The molecule has 0 amide bonds. The smallest absolute Gasteiger partial charge is 0.314 e. The van der Waals surface area contributed by atoms with Crippen LogP contribution in [0.5, 0.6) is 0 Å². The van der Waals surface area contributed by atoms with Crippen molar-refractivity contribution in [1.82, 2.24) is 5.32 Å². The number of aliphatic hydroxyl groups excluding tert-OH is 1. The van der Waals surface area contributed by atoms with Crippen LogP contribution in [0.1, 0.15) is 19.3 Å². The maximum Gasteiger partial charge on any atom is 0.314 e. The van der Waals surface area contributed by atoms with E-state index in [1.807, 2.05) is 0 Å². The number of carbonyl (C=O) groups is 1. The molecule has 1 aliphatic carbocycles. The molecule has 2 rings (SSSR count). The highest BCUT2D eigenvalue weighted by Gasteiger charge is 2.71. The lowest BCUT2D eigenvalue weighted by Gasteiger charge is -2.27. The van der Waals surface area contributed by atoms with Crippen LogP contribution in [0, 0.1) is 10.8 Å². The Kier molecular flexibility index (Phi) is 2.27. The Bertz CT molecular complexity index is 248. The largest absolute Gasteiger partial charge is 0.469 e. The normalized spacial score (nSPS) is 34.1. The van der Waals surface area contributed by atoms with Crippen molar-refractivity contribution < 1.29 is 14.6 Å². The first-order valence-electron chi connectivity index (χ1n) is 5.11. The zero-order valence-electron chi connectivity index (χ0n) is 8.51. The molecule has 0 aromatic heterocycles. The molecule has 1 saturated heterocycles. The van der Waals surface area contributed by atoms with Crippen molar-refractivity contribution >= 4 is 5.97 Å². The van der Waals surface area contributed by atoms with E-state index in [2.05, 4.69) is 5.32 Å². The van der Waals surface area contributed by atoms with Gasteiger partial charge in [-0.15, -0.1) is 0 Å². The fraction of sp³-hybridized carbons (Fsp3) is 0.900. The van der Waals surface area contributed by atoms with Crippen LogP contribution in [0.15, 0.2) is 0 Å². The topological polar surface area (TPSA) is 58.6 Å². The molecule has 0 bridgehead atoms. The summed E-state index contributed by atoms with van der Waals surface area (Å²) in [7, 11) is 1.40. The minimum Gasteiger partial charge on any atom is -0.469 e. The number of methoxy groups -OCH3 is 1. The van der Waals surface area contributed by atoms with Crippen LogP contribution in [0.25, 0.3) is 0 Å². The molecule has 1 spiro atoms. The summed E-state index contributed by atoms with van der Waals surface area (Å²) in [5, 5.41) is 12.6. The number of hydrogen-bond donors (Lipinski definition) is 2. The summed E-state index contributed by atoms with van der Waals surface area (Å²) in [4.78, 5) is 11.6. The summed E-state index contributed by atoms with van der Waals surface area (Å²) in [5.41, 5.74) is -0.552. The molecule has 1 heterocycles. The molecule has 2 aliphatic rings. The molecule has 80 valence electrons. The zero-order valence-corrected chi connectivity index (χ0v) is 8.51. The average Bonchev–Trinajstić information content (AvgIpc) is 2.87. The molecule has 4 heteroatoms. The molecule has 0 aromatic carbocycles. The molecular weight excluding hydrogens is 182 g/mol. The van der Waals surface area contributed by atoms with Gasteiger partial charge < -0.3 is 15.2 Å². The molecule has 14 heavy (non-hydrogen) atoms. The van der Waals surface area contributed by atoms with Crippen molar-refractivity contribution in [3.63, 3.8) is 0 Å². The van der Waals surface area contributed by atoms with E-state index in [-0.39, 0.29) is 18.0 Å². The lowest BCUT2D eigenvalue weighted by Crippen LogP contribution is -2.36. The lowest BCUT2D eigenvalue weighted by molar-refractivity contribution is -0.151. The molecule has 0 aromatic rings. The van der Waals surface area contributed by atoms with E-state index in [1.54, 1.807) is 0 Å². The van der Waals surface area contributed by atoms with Crippen molar-refractivity contribution in [2.45, 2.75) is 19.3 Å². The van der Waals surface area contributed by atoms with Crippen molar-refractivity contribution in [2.24, 2.45) is 10.8 Å². The van der Waals surface area contributed by atoms with E-state index >= 15 is 0 Å². The van der Waals surface area contributed by atoms with Gasteiger partial charge in [-0.05, 0) is 37.8 Å². The lowest BCUT2D eigenvalue weighted by atomic mass is 9.85. The van der Waals surface area contributed by atoms with Gasteiger partial charge in [0.2, 0.25) is 0 Å². The standard InChI is InChI=1S/C10H17NO3/c1-14-8(13)10(7-12)6-9(10)2-4-11-5-3-9/h11-12H,2-7H2,1H3. The first-order chi connectivity index (χ1) is 6.71. The predicted octanol–water partition coefficient (Wildman–Crippen LogP) is -0.0884. The highest BCUT2D eigenvalue weighted by Crippen LogP contribution is 2.68. The van der Waals surface area contributed by atoms with Crippen LogP contribution < -0.4 is 5.32 Å². The van der Waals surface area contributed by atoms with Gasteiger partial charge in [0.25, 0.3) is 0 Å². The third-order valence-corrected chi connectivity index (χ3v) is 3.94. The summed E-state index contributed by atoms with van der Waals surface area (Å²) in [5.74, 6) is -0.234. The van der Waals surface area contributed by atoms with Crippen molar-refractivity contribution in [2.75, 3.05) is 26.8 Å². The highest BCUT2D eigenvalue weighted by molar-refractivity contribution is 5.82. The van der Waals surface area contributed by atoms with Crippen LogP contribution in [0.3, 0.4) is 0 Å². The molecule has 1 aliphatic heterocycles. The Hall–Kier alpha value is -0.610. The molecule has 0 radical (unpaired) electrons. The van der Waals surface area contributed by atoms with Gasteiger partial charge in [-0.25, -0.2) is 0 Å². The Morgan fingerprint density at radius 1 is 1.50 bits per heavy atom. The minimum absolute atomic E-state index is 0.0279. The van der Waals surface area contributed by atoms with Gasteiger partial charge in [-0.2, -0.15) is 0 Å². The van der Waals surface area contributed by atoms with Crippen LogP contribution in [0.4, 0.5) is 0 Å². The number of rotatable bonds is 2. The number of hydrogen-bond acceptors (Lipinski definition) is 4. The Balaban J connectivity index is 2.14. The fourth-order valence-electron chi connectivity index (χ4n) is 2.87. The van der Waals surface area contributed by atoms with Crippen LogP contribution in [0.2, 0.25) is 0 Å². The van der Waals surface area contributed by atoms with Crippen LogP contribution in [-0.2, 0) is 9.53 Å². The fourth-order valence-corrected chi connectivity index (χ4v) is 2.87. The van der Waals surface area contributed by atoms with E-state index in [0.29, 0.717) is 0 Å². The summed E-state index contributed by atoms with van der Waals surface area (Å²) in [6.45, 7) is 1.82. The number of carbonyl (C=O) groups excluding carboxylic acids is 1. The number of aliphatic hydroxyl groups is 1. The Labute approximate surface area is 83.6 Å².